The van der Waals surface area contributed by atoms with Gasteiger partial charge in [0.2, 0.25) is 0 Å². The van der Waals surface area contributed by atoms with Crippen LogP contribution in [-0.2, 0) is 6.18 Å². The first-order valence-corrected chi connectivity index (χ1v) is 6.88. The van der Waals surface area contributed by atoms with E-state index in [4.69, 9.17) is 0 Å². The lowest BCUT2D eigenvalue weighted by molar-refractivity contribution is -0.137. The van der Waals surface area contributed by atoms with Crippen molar-refractivity contribution in [2.45, 2.75) is 25.1 Å². The van der Waals surface area contributed by atoms with Crippen molar-refractivity contribution >= 4 is 11.7 Å². The van der Waals surface area contributed by atoms with Gasteiger partial charge in [-0.3, -0.25) is 0 Å². The van der Waals surface area contributed by atoms with E-state index >= 15 is 0 Å². The van der Waals surface area contributed by atoms with E-state index in [1.165, 1.54) is 0 Å². The molecule has 1 heterocycles. The van der Waals surface area contributed by atoms with Crippen LogP contribution < -0.4 is 10.6 Å². The van der Waals surface area contributed by atoms with Crippen LogP contribution in [0.3, 0.4) is 0 Å². The van der Waals surface area contributed by atoms with Crippen molar-refractivity contribution < 1.29 is 22.4 Å². The molecule has 0 aliphatic carbocycles. The van der Waals surface area contributed by atoms with Gasteiger partial charge in [-0.15, -0.1) is 0 Å². The third-order valence-corrected chi connectivity index (χ3v) is 3.44. The van der Waals surface area contributed by atoms with Crippen molar-refractivity contribution in [3.05, 3.63) is 29.6 Å². The van der Waals surface area contributed by atoms with Crippen LogP contribution in [0.15, 0.2) is 18.2 Å². The van der Waals surface area contributed by atoms with Crippen LogP contribution in [0.25, 0.3) is 0 Å². The zero-order valence-corrected chi connectivity index (χ0v) is 12.0. The second-order valence-electron chi connectivity index (χ2n) is 5.43. The summed E-state index contributed by atoms with van der Waals surface area (Å²) in [6.07, 6.45) is -2.94. The molecule has 1 aromatic rings. The first-order chi connectivity index (χ1) is 10.2. The number of alkyl halides is 3. The molecule has 22 heavy (non-hydrogen) atoms. The Balaban J connectivity index is 2.00. The number of likely N-dealkylation sites (N-methyl/N-ethyl adjacent to an activating group) is 1. The molecule has 0 aromatic heterocycles. The molecule has 0 spiro atoms. The smallest absolute Gasteiger partial charge is 0.334 e. The summed E-state index contributed by atoms with van der Waals surface area (Å²) in [5.74, 6) is -1.05. The van der Waals surface area contributed by atoms with Gasteiger partial charge in [-0.2, -0.15) is 13.2 Å². The number of nitrogens with zero attached hydrogens (tertiary/aromatic N) is 1. The Hall–Kier alpha value is -1.83. The number of amides is 2. The van der Waals surface area contributed by atoms with Gasteiger partial charge in [0.1, 0.15) is 5.82 Å². The fraction of sp³-hybridized carbons (Fsp3) is 0.500. The Labute approximate surface area is 125 Å². The van der Waals surface area contributed by atoms with Gasteiger partial charge in [-0.25, -0.2) is 9.18 Å². The summed E-state index contributed by atoms with van der Waals surface area (Å²) in [7, 11) is 1.92. The minimum Gasteiger partial charge on any atom is -0.334 e. The Morgan fingerprint density at radius 2 is 2.05 bits per heavy atom. The van der Waals surface area contributed by atoms with Gasteiger partial charge in [-0.05, 0) is 44.6 Å². The summed E-state index contributed by atoms with van der Waals surface area (Å²) in [6, 6.07) is 1.23. The summed E-state index contributed by atoms with van der Waals surface area (Å²) in [6.45, 7) is 1.61. The molecule has 8 heteroatoms. The SMILES string of the molecule is CN1CCC[C@@H](NC(=O)Nc2cc(F)cc(C(F)(F)F)c2)C1. The predicted molar refractivity (Wildman–Crippen MR) is 74.1 cm³/mol. The van der Waals surface area contributed by atoms with E-state index in [9.17, 15) is 22.4 Å². The molecule has 2 N–H and O–H groups in total. The standard InChI is InChI=1S/C14H17F4N3O/c1-21-4-2-3-11(8-21)19-13(22)20-12-6-9(14(16,17)18)5-10(15)7-12/h5-7,11H,2-4,8H2,1H3,(H2,19,20,22)/t11-/m1/s1. The van der Waals surface area contributed by atoms with Crippen LogP contribution in [0.2, 0.25) is 0 Å². The number of nitrogens with one attached hydrogen (secondary N) is 2. The molecule has 1 atom stereocenters. The molecule has 122 valence electrons. The first kappa shape index (κ1) is 16.5. The third-order valence-electron chi connectivity index (χ3n) is 3.44. The van der Waals surface area contributed by atoms with Gasteiger partial charge in [0, 0.05) is 18.3 Å². The van der Waals surface area contributed by atoms with E-state index in [1.54, 1.807) is 0 Å². The predicted octanol–water partition coefficient (Wildman–Crippen LogP) is 3.06. The number of rotatable bonds is 2. The maximum Gasteiger partial charge on any atom is 0.416 e. The lowest BCUT2D eigenvalue weighted by Gasteiger charge is -2.30. The summed E-state index contributed by atoms with van der Waals surface area (Å²) >= 11 is 0. The highest BCUT2D eigenvalue weighted by Gasteiger charge is 2.31. The molecule has 1 aliphatic heterocycles. The molecule has 1 aromatic carbocycles. The Morgan fingerprint density at radius 3 is 2.68 bits per heavy atom. The molecule has 1 aliphatic rings. The van der Waals surface area contributed by atoms with Gasteiger partial charge >= 0.3 is 12.2 Å². The van der Waals surface area contributed by atoms with Crippen LogP contribution in [0.4, 0.5) is 28.0 Å². The molecule has 2 rings (SSSR count). The maximum atomic E-state index is 13.2. The molecular formula is C14H17F4N3O. The number of hydrogen-bond acceptors (Lipinski definition) is 2. The number of carbonyl (C=O) groups is 1. The van der Waals surface area contributed by atoms with Crippen molar-refractivity contribution in [3.63, 3.8) is 0 Å². The number of benzene rings is 1. The van der Waals surface area contributed by atoms with Crippen LogP contribution in [0.5, 0.6) is 0 Å². The molecule has 1 saturated heterocycles. The molecule has 0 bridgehead atoms. The zero-order valence-electron chi connectivity index (χ0n) is 12.0. The highest BCUT2D eigenvalue weighted by molar-refractivity contribution is 5.89. The maximum absolute atomic E-state index is 13.2. The second kappa shape index (κ2) is 6.51. The van der Waals surface area contributed by atoms with E-state index in [0.29, 0.717) is 18.7 Å². The van der Waals surface area contributed by atoms with Gasteiger partial charge in [0.05, 0.1) is 5.56 Å². The summed E-state index contributed by atoms with van der Waals surface area (Å²) in [4.78, 5) is 13.9. The summed E-state index contributed by atoms with van der Waals surface area (Å²) < 4.78 is 51.0. The minimum absolute atomic E-state index is 0.0746. The molecule has 2 amide bonds. The van der Waals surface area contributed by atoms with Crippen molar-refractivity contribution in [1.82, 2.24) is 10.2 Å². The van der Waals surface area contributed by atoms with E-state index < -0.39 is 23.6 Å². The van der Waals surface area contributed by atoms with Gasteiger partial charge in [-0.1, -0.05) is 0 Å². The Kier molecular flexibility index (Phi) is 4.90. The van der Waals surface area contributed by atoms with Crippen molar-refractivity contribution in [3.8, 4) is 0 Å². The van der Waals surface area contributed by atoms with Crippen LogP contribution >= 0.6 is 0 Å². The second-order valence-corrected chi connectivity index (χ2v) is 5.43. The summed E-state index contributed by atoms with van der Waals surface area (Å²) in [5.41, 5.74) is -1.37. The van der Waals surface area contributed by atoms with E-state index in [-0.39, 0.29) is 11.7 Å². The fourth-order valence-electron chi connectivity index (χ4n) is 2.46. The third kappa shape index (κ3) is 4.59. The van der Waals surface area contributed by atoms with Crippen molar-refractivity contribution in [2.24, 2.45) is 0 Å². The topological polar surface area (TPSA) is 44.4 Å². The average molecular weight is 319 g/mol. The molecule has 1 fully saturated rings. The van der Waals surface area contributed by atoms with Crippen molar-refractivity contribution in [2.75, 3.05) is 25.5 Å². The lowest BCUT2D eigenvalue weighted by Crippen LogP contribution is -2.47. The molecule has 0 radical (unpaired) electrons. The Morgan fingerprint density at radius 1 is 1.32 bits per heavy atom. The molecule has 0 saturated carbocycles. The van der Waals surface area contributed by atoms with Gasteiger partial charge in [0.15, 0.2) is 0 Å². The largest absolute Gasteiger partial charge is 0.416 e. The Bertz CT molecular complexity index is 547. The number of carbonyl (C=O) groups excluding carboxylic acids is 1. The normalized spacial score (nSPS) is 19.8. The van der Waals surface area contributed by atoms with Crippen LogP contribution in [-0.4, -0.2) is 37.1 Å². The first-order valence-electron chi connectivity index (χ1n) is 6.88. The molecular weight excluding hydrogens is 302 g/mol. The minimum atomic E-state index is -4.67. The molecule has 0 unspecified atom stereocenters. The monoisotopic (exact) mass is 319 g/mol. The van der Waals surface area contributed by atoms with E-state index in [2.05, 4.69) is 15.5 Å². The molecule has 4 nitrogen and oxygen atoms in total. The number of anilines is 1. The van der Waals surface area contributed by atoms with Gasteiger partial charge < -0.3 is 15.5 Å². The van der Waals surface area contributed by atoms with E-state index in [0.717, 1.165) is 25.5 Å². The average Bonchev–Trinajstić information content (AvgIpc) is 2.36. The van der Waals surface area contributed by atoms with Crippen LogP contribution in [0, 0.1) is 5.82 Å². The quantitative estimate of drug-likeness (QED) is 0.823. The van der Waals surface area contributed by atoms with Crippen LogP contribution in [0.1, 0.15) is 18.4 Å². The zero-order chi connectivity index (χ0) is 16.3. The number of piperidine rings is 1. The number of hydrogen-bond donors (Lipinski definition) is 2. The highest BCUT2D eigenvalue weighted by Crippen LogP contribution is 2.31. The van der Waals surface area contributed by atoms with E-state index in [1.807, 2.05) is 7.05 Å². The number of urea groups is 1. The van der Waals surface area contributed by atoms with Gasteiger partial charge in [0.25, 0.3) is 0 Å². The summed E-state index contributed by atoms with van der Waals surface area (Å²) in [5, 5.41) is 4.93. The fourth-order valence-corrected chi connectivity index (χ4v) is 2.46. The highest BCUT2D eigenvalue weighted by atomic mass is 19.4. The lowest BCUT2D eigenvalue weighted by atomic mass is 10.1. The number of likely N-dealkylation sites (tertiary alicyclic amines) is 1. The number of halogens is 4. The van der Waals surface area contributed by atoms with Crippen molar-refractivity contribution in [1.29, 1.82) is 0 Å².